The number of methoxy groups -OCH3 is 1. The zero-order valence-corrected chi connectivity index (χ0v) is 28.9. The Morgan fingerprint density at radius 2 is 1.73 bits per heavy atom. The van der Waals surface area contributed by atoms with Crippen LogP contribution in [0.25, 0.3) is 0 Å². The molecule has 0 saturated heterocycles. The number of rotatable bonds is 15. The lowest BCUT2D eigenvalue weighted by molar-refractivity contribution is -0.152. The molecule has 0 radical (unpaired) electrons. The summed E-state index contributed by atoms with van der Waals surface area (Å²) in [6.07, 6.45) is 9.99. The van der Waals surface area contributed by atoms with E-state index in [0.717, 1.165) is 36.0 Å². The molecular formula is C39H46N4O8. The largest absolute Gasteiger partial charge is 0.493 e. The molecule has 1 atom stereocenters. The minimum atomic E-state index is -0.601. The van der Waals surface area contributed by atoms with Crippen molar-refractivity contribution in [1.82, 2.24) is 15.8 Å². The molecule has 1 aliphatic rings. The van der Waals surface area contributed by atoms with Crippen LogP contribution in [0.4, 0.5) is 0 Å². The molecule has 51 heavy (non-hydrogen) atoms. The van der Waals surface area contributed by atoms with Crippen molar-refractivity contribution in [2.24, 2.45) is 5.10 Å². The molecule has 3 amide bonds. The van der Waals surface area contributed by atoms with E-state index in [2.05, 4.69) is 10.5 Å². The SMILES string of the molecule is COc1cc(C(=O)N/N=C/c2cccc(CN3C[C@@H](c4ccccc4)OC(=O)CC/C=C/CCC3=O)c2)ccc1OCCCCCCC(=O)NO. The number of unbranched alkanes of at least 4 members (excludes halogenated alkanes) is 3. The summed E-state index contributed by atoms with van der Waals surface area (Å²) >= 11 is 0. The molecule has 3 aromatic carbocycles. The zero-order chi connectivity index (χ0) is 36.3. The topological polar surface area (TPSA) is 156 Å². The average Bonchev–Trinajstić information content (AvgIpc) is 3.15. The van der Waals surface area contributed by atoms with E-state index in [1.54, 1.807) is 28.6 Å². The van der Waals surface area contributed by atoms with Crippen molar-refractivity contribution in [3.05, 3.63) is 107 Å². The average molecular weight is 699 g/mol. The molecule has 0 spiro atoms. The van der Waals surface area contributed by atoms with Gasteiger partial charge in [-0.2, -0.15) is 5.10 Å². The van der Waals surface area contributed by atoms with Crippen LogP contribution in [0.1, 0.15) is 90.9 Å². The van der Waals surface area contributed by atoms with Gasteiger partial charge in [0.25, 0.3) is 5.91 Å². The number of esters is 1. The van der Waals surface area contributed by atoms with Crippen molar-refractivity contribution in [3.63, 3.8) is 0 Å². The highest BCUT2D eigenvalue weighted by Crippen LogP contribution is 2.28. The molecule has 270 valence electrons. The standard InChI is InChI=1S/C39H46N4O8/c1-49-34-25-32(21-22-33(34)50-23-12-5-4-9-18-36(44)42-48)39(47)41-40-26-29-14-13-15-30(24-29)27-43-28-35(31-16-7-6-8-17-31)51-38(46)20-11-3-2-10-19-37(43)45/h2-3,6-8,13-17,21-22,24-26,35,48H,4-5,9-12,18-20,23,27-28H2,1H3,(H,41,47)(H,42,44)/b3-2+,40-26+/t35-/m0/s1. The Hall–Kier alpha value is -5.49. The molecule has 0 saturated carbocycles. The van der Waals surface area contributed by atoms with Gasteiger partial charge in [-0.15, -0.1) is 0 Å². The Morgan fingerprint density at radius 1 is 0.941 bits per heavy atom. The van der Waals surface area contributed by atoms with E-state index in [9.17, 15) is 19.2 Å². The highest BCUT2D eigenvalue weighted by molar-refractivity contribution is 5.95. The molecule has 12 nitrogen and oxygen atoms in total. The number of benzene rings is 3. The van der Waals surface area contributed by atoms with E-state index in [0.29, 0.717) is 55.9 Å². The molecular weight excluding hydrogens is 652 g/mol. The number of hydrogen-bond acceptors (Lipinski definition) is 9. The molecule has 1 heterocycles. The van der Waals surface area contributed by atoms with Gasteiger partial charge >= 0.3 is 5.97 Å². The minimum absolute atomic E-state index is 0.0441. The van der Waals surface area contributed by atoms with Crippen LogP contribution < -0.4 is 20.4 Å². The maximum absolute atomic E-state index is 13.4. The van der Waals surface area contributed by atoms with Crippen molar-refractivity contribution in [1.29, 1.82) is 0 Å². The summed E-state index contributed by atoms with van der Waals surface area (Å²) in [4.78, 5) is 51.7. The number of nitrogens with zero attached hydrogens (tertiary/aromatic N) is 2. The van der Waals surface area contributed by atoms with E-state index < -0.39 is 17.9 Å². The highest BCUT2D eigenvalue weighted by Gasteiger charge is 2.24. The number of carbonyl (C=O) groups excluding carboxylic acids is 4. The summed E-state index contributed by atoms with van der Waals surface area (Å²) in [5.74, 6) is -0.254. The van der Waals surface area contributed by atoms with Gasteiger partial charge in [0.2, 0.25) is 11.8 Å². The highest BCUT2D eigenvalue weighted by atomic mass is 16.5. The first kappa shape index (κ1) is 38.3. The third-order valence-corrected chi connectivity index (χ3v) is 8.20. The predicted molar refractivity (Wildman–Crippen MR) is 191 cm³/mol. The molecule has 3 N–H and O–H groups in total. The third kappa shape index (κ3) is 13.0. The van der Waals surface area contributed by atoms with Crippen LogP contribution in [-0.4, -0.2) is 60.3 Å². The molecule has 0 fully saturated rings. The van der Waals surface area contributed by atoms with Crippen LogP contribution in [0.5, 0.6) is 11.5 Å². The number of hydroxylamine groups is 1. The summed E-state index contributed by atoms with van der Waals surface area (Å²) in [7, 11) is 1.50. The number of carbonyl (C=O) groups is 4. The fraction of sp³-hybridized carbons (Fsp3) is 0.359. The molecule has 12 heteroatoms. The number of cyclic esters (lactones) is 1. The molecule has 3 aromatic rings. The first-order valence-electron chi connectivity index (χ1n) is 17.2. The fourth-order valence-electron chi connectivity index (χ4n) is 5.48. The van der Waals surface area contributed by atoms with Gasteiger partial charge < -0.3 is 19.1 Å². The van der Waals surface area contributed by atoms with Crippen molar-refractivity contribution in [3.8, 4) is 11.5 Å². The lowest BCUT2D eigenvalue weighted by atomic mass is 10.1. The Bertz CT molecular complexity index is 1660. The Kier molecular flexibility index (Phi) is 15.7. The van der Waals surface area contributed by atoms with Gasteiger partial charge in [-0.25, -0.2) is 10.9 Å². The predicted octanol–water partition coefficient (Wildman–Crippen LogP) is 6.04. The molecule has 0 aromatic heterocycles. The number of ether oxygens (including phenoxy) is 3. The lowest BCUT2D eigenvalue weighted by Gasteiger charge is -2.28. The number of amides is 3. The second-order valence-electron chi connectivity index (χ2n) is 12.1. The van der Waals surface area contributed by atoms with Gasteiger partial charge in [-0.3, -0.25) is 24.4 Å². The van der Waals surface area contributed by atoms with E-state index in [1.165, 1.54) is 13.3 Å². The second kappa shape index (κ2) is 20.9. The van der Waals surface area contributed by atoms with Crippen LogP contribution in [-0.2, 0) is 25.7 Å². The number of hydrogen-bond donors (Lipinski definition) is 3. The first-order valence-corrected chi connectivity index (χ1v) is 17.2. The molecule has 4 rings (SSSR count). The van der Waals surface area contributed by atoms with Crippen molar-refractivity contribution < 1.29 is 38.6 Å². The maximum Gasteiger partial charge on any atom is 0.306 e. The van der Waals surface area contributed by atoms with Crippen molar-refractivity contribution >= 4 is 29.9 Å². The summed E-state index contributed by atoms with van der Waals surface area (Å²) in [6.45, 7) is 0.962. The minimum Gasteiger partial charge on any atom is -0.493 e. The van der Waals surface area contributed by atoms with Gasteiger partial charge in [-0.05, 0) is 66.6 Å². The number of nitrogens with one attached hydrogen (secondary N) is 2. The summed E-state index contributed by atoms with van der Waals surface area (Å²) in [5.41, 5.74) is 6.91. The summed E-state index contributed by atoms with van der Waals surface area (Å²) < 4.78 is 17.1. The van der Waals surface area contributed by atoms with Gasteiger partial charge in [-0.1, -0.05) is 73.5 Å². The van der Waals surface area contributed by atoms with Crippen LogP contribution in [0, 0.1) is 0 Å². The van der Waals surface area contributed by atoms with Gasteiger partial charge in [0, 0.05) is 31.4 Å². The third-order valence-electron chi connectivity index (χ3n) is 8.20. The zero-order valence-electron chi connectivity index (χ0n) is 28.9. The van der Waals surface area contributed by atoms with Crippen LogP contribution >= 0.6 is 0 Å². The van der Waals surface area contributed by atoms with Crippen LogP contribution in [0.2, 0.25) is 0 Å². The number of hydrazone groups is 1. The molecule has 1 aliphatic heterocycles. The maximum atomic E-state index is 13.4. The number of allylic oxidation sites excluding steroid dienone is 2. The van der Waals surface area contributed by atoms with Gasteiger partial charge in [0.05, 0.1) is 26.5 Å². The Labute approximate surface area is 298 Å². The second-order valence-corrected chi connectivity index (χ2v) is 12.1. The van der Waals surface area contributed by atoms with Gasteiger partial charge in [0.15, 0.2) is 11.5 Å². The quantitative estimate of drug-likeness (QED) is 0.0434. The van der Waals surface area contributed by atoms with Crippen LogP contribution in [0.3, 0.4) is 0 Å². The van der Waals surface area contributed by atoms with Gasteiger partial charge in [0.1, 0.15) is 6.10 Å². The molecule has 0 aliphatic carbocycles. The van der Waals surface area contributed by atoms with E-state index in [4.69, 9.17) is 19.4 Å². The lowest BCUT2D eigenvalue weighted by Crippen LogP contribution is -2.35. The summed E-state index contributed by atoms with van der Waals surface area (Å²) in [6, 6.07) is 21.8. The fourth-order valence-corrected chi connectivity index (χ4v) is 5.48. The first-order chi connectivity index (χ1) is 24.9. The van der Waals surface area contributed by atoms with Crippen LogP contribution in [0.15, 0.2) is 90.0 Å². The molecule has 0 unspecified atom stereocenters. The molecule has 0 bridgehead atoms. The van der Waals surface area contributed by atoms with Crippen molar-refractivity contribution in [2.75, 3.05) is 20.3 Å². The Balaban J connectivity index is 1.35. The van der Waals surface area contributed by atoms with E-state index in [-0.39, 0.29) is 31.3 Å². The normalized spacial score (nSPS) is 16.0. The Morgan fingerprint density at radius 3 is 2.51 bits per heavy atom. The van der Waals surface area contributed by atoms with E-state index in [1.807, 2.05) is 66.7 Å². The van der Waals surface area contributed by atoms with Crippen molar-refractivity contribution in [2.45, 2.75) is 70.4 Å². The van der Waals surface area contributed by atoms with E-state index >= 15 is 0 Å². The smallest absolute Gasteiger partial charge is 0.306 e. The monoisotopic (exact) mass is 698 g/mol. The summed E-state index contributed by atoms with van der Waals surface area (Å²) in [5, 5.41) is 12.7.